The maximum Gasteiger partial charge on any atom is 0.354 e. The van der Waals surface area contributed by atoms with Crippen LogP contribution in [0.1, 0.15) is 23.0 Å². The van der Waals surface area contributed by atoms with Gasteiger partial charge in [0.1, 0.15) is 5.69 Å². The molecule has 0 saturated carbocycles. The van der Waals surface area contributed by atoms with Crippen molar-refractivity contribution in [2.75, 3.05) is 7.11 Å². The second-order valence-corrected chi connectivity index (χ2v) is 3.39. The van der Waals surface area contributed by atoms with Crippen molar-refractivity contribution in [1.82, 2.24) is 4.57 Å². The summed E-state index contributed by atoms with van der Waals surface area (Å²) in [4.78, 5) is 11.2. The van der Waals surface area contributed by atoms with Crippen LogP contribution in [0.3, 0.4) is 0 Å². The molecule has 1 aromatic rings. The van der Waals surface area contributed by atoms with Crippen LogP contribution in [-0.2, 0) is 18.2 Å². The highest BCUT2D eigenvalue weighted by Gasteiger charge is 2.12. The molecule has 1 aromatic heterocycles. The molecule has 0 aliphatic rings. The van der Waals surface area contributed by atoms with Crippen molar-refractivity contribution >= 4 is 5.97 Å². The Balaban J connectivity index is 2.87. The minimum Gasteiger partial charge on any atom is -0.464 e. The molecule has 1 rings (SSSR count). The van der Waals surface area contributed by atoms with E-state index in [9.17, 15) is 9.90 Å². The monoisotopic (exact) mass is 197 g/mol. The molecule has 1 heterocycles. The standard InChI is InChI=1S/C10H15NO3/c1-7(12)4-8-5-9(10(13)14-3)11(2)6-8/h5-7,12H,4H2,1-3H3/t7-/m1/s1. The first-order valence-electron chi connectivity index (χ1n) is 4.46. The highest BCUT2D eigenvalue weighted by molar-refractivity contribution is 5.87. The molecule has 1 N–H and O–H groups in total. The van der Waals surface area contributed by atoms with E-state index >= 15 is 0 Å². The molecule has 0 unspecified atom stereocenters. The number of rotatable bonds is 3. The minimum atomic E-state index is -0.400. The van der Waals surface area contributed by atoms with Gasteiger partial charge in [0.15, 0.2) is 0 Å². The summed E-state index contributed by atoms with van der Waals surface area (Å²) in [5.74, 6) is -0.357. The van der Waals surface area contributed by atoms with E-state index in [0.29, 0.717) is 12.1 Å². The fourth-order valence-corrected chi connectivity index (χ4v) is 1.39. The molecule has 0 fully saturated rings. The van der Waals surface area contributed by atoms with Crippen LogP contribution in [-0.4, -0.2) is 28.9 Å². The Labute approximate surface area is 83.1 Å². The van der Waals surface area contributed by atoms with E-state index in [4.69, 9.17) is 0 Å². The quantitative estimate of drug-likeness (QED) is 0.727. The molecule has 4 heteroatoms. The largest absolute Gasteiger partial charge is 0.464 e. The summed E-state index contributed by atoms with van der Waals surface area (Å²) < 4.78 is 6.31. The Kier molecular flexibility index (Phi) is 3.30. The maximum atomic E-state index is 11.2. The summed E-state index contributed by atoms with van der Waals surface area (Å²) in [7, 11) is 3.13. The average molecular weight is 197 g/mol. The van der Waals surface area contributed by atoms with E-state index in [0.717, 1.165) is 5.56 Å². The number of aliphatic hydroxyl groups is 1. The van der Waals surface area contributed by atoms with Crippen LogP contribution in [0.4, 0.5) is 0 Å². The van der Waals surface area contributed by atoms with Crippen LogP contribution in [0.2, 0.25) is 0 Å². The zero-order chi connectivity index (χ0) is 10.7. The van der Waals surface area contributed by atoms with Gasteiger partial charge in [0.25, 0.3) is 0 Å². The Bertz CT molecular complexity index is 328. The number of aromatic nitrogens is 1. The van der Waals surface area contributed by atoms with Gasteiger partial charge in [0.05, 0.1) is 13.2 Å². The lowest BCUT2D eigenvalue weighted by Gasteiger charge is -1.98. The Morgan fingerprint density at radius 1 is 1.71 bits per heavy atom. The summed E-state index contributed by atoms with van der Waals surface area (Å²) in [5.41, 5.74) is 1.44. The molecule has 0 saturated heterocycles. The summed E-state index contributed by atoms with van der Waals surface area (Å²) >= 11 is 0. The number of esters is 1. The summed E-state index contributed by atoms with van der Waals surface area (Å²) in [5, 5.41) is 9.18. The SMILES string of the molecule is COC(=O)c1cc(C[C@@H](C)O)cn1C. The molecule has 1 atom stereocenters. The van der Waals surface area contributed by atoms with Crippen LogP contribution < -0.4 is 0 Å². The fraction of sp³-hybridized carbons (Fsp3) is 0.500. The number of carbonyl (C=O) groups is 1. The van der Waals surface area contributed by atoms with Crippen LogP contribution in [0, 0.1) is 0 Å². The number of nitrogens with zero attached hydrogens (tertiary/aromatic N) is 1. The van der Waals surface area contributed by atoms with Crippen LogP contribution in [0.5, 0.6) is 0 Å². The summed E-state index contributed by atoms with van der Waals surface area (Å²) in [6.45, 7) is 1.71. The van der Waals surface area contributed by atoms with Crippen LogP contribution in [0.25, 0.3) is 0 Å². The Hall–Kier alpha value is -1.29. The highest BCUT2D eigenvalue weighted by atomic mass is 16.5. The van der Waals surface area contributed by atoms with Gasteiger partial charge in [0, 0.05) is 13.2 Å². The van der Waals surface area contributed by atoms with Crippen molar-refractivity contribution in [3.63, 3.8) is 0 Å². The third kappa shape index (κ3) is 2.35. The number of hydrogen-bond acceptors (Lipinski definition) is 3. The van der Waals surface area contributed by atoms with E-state index in [1.807, 2.05) is 6.20 Å². The number of carbonyl (C=O) groups excluding carboxylic acids is 1. The van der Waals surface area contributed by atoms with Gasteiger partial charge in [-0.2, -0.15) is 0 Å². The van der Waals surface area contributed by atoms with Crippen molar-refractivity contribution < 1.29 is 14.6 Å². The van der Waals surface area contributed by atoms with E-state index in [-0.39, 0.29) is 5.97 Å². The molecule has 0 aromatic carbocycles. The average Bonchev–Trinajstić information content (AvgIpc) is 2.44. The van der Waals surface area contributed by atoms with Gasteiger partial charge < -0.3 is 14.4 Å². The molecular weight excluding hydrogens is 182 g/mol. The second-order valence-electron chi connectivity index (χ2n) is 3.39. The van der Waals surface area contributed by atoms with Gasteiger partial charge in [0.2, 0.25) is 0 Å². The lowest BCUT2D eigenvalue weighted by atomic mass is 10.1. The molecule has 0 aliphatic carbocycles. The third-order valence-electron chi connectivity index (χ3n) is 1.99. The van der Waals surface area contributed by atoms with Crippen molar-refractivity contribution in [2.24, 2.45) is 7.05 Å². The fourth-order valence-electron chi connectivity index (χ4n) is 1.39. The van der Waals surface area contributed by atoms with Crippen molar-refractivity contribution in [3.8, 4) is 0 Å². The van der Waals surface area contributed by atoms with Crippen molar-refractivity contribution in [3.05, 3.63) is 23.5 Å². The van der Waals surface area contributed by atoms with Crippen LogP contribution in [0.15, 0.2) is 12.3 Å². The molecule has 4 nitrogen and oxygen atoms in total. The maximum absolute atomic E-state index is 11.2. The van der Waals surface area contributed by atoms with E-state index in [1.165, 1.54) is 7.11 Å². The van der Waals surface area contributed by atoms with Crippen LogP contribution >= 0.6 is 0 Å². The highest BCUT2D eigenvalue weighted by Crippen LogP contribution is 2.10. The summed E-state index contributed by atoms with van der Waals surface area (Å²) in [6.07, 6.45) is 1.96. The van der Waals surface area contributed by atoms with E-state index in [1.54, 1.807) is 24.6 Å². The van der Waals surface area contributed by atoms with Gasteiger partial charge in [-0.05, 0) is 25.0 Å². The number of ether oxygens (including phenoxy) is 1. The molecule has 0 spiro atoms. The van der Waals surface area contributed by atoms with E-state index < -0.39 is 6.10 Å². The topological polar surface area (TPSA) is 51.5 Å². The lowest BCUT2D eigenvalue weighted by molar-refractivity contribution is 0.0590. The third-order valence-corrected chi connectivity index (χ3v) is 1.99. The minimum absolute atomic E-state index is 0.357. The molecule has 0 amide bonds. The molecule has 0 aliphatic heterocycles. The van der Waals surface area contributed by atoms with Gasteiger partial charge >= 0.3 is 5.97 Å². The van der Waals surface area contributed by atoms with Gasteiger partial charge in [-0.15, -0.1) is 0 Å². The molecule has 14 heavy (non-hydrogen) atoms. The van der Waals surface area contributed by atoms with Gasteiger partial charge in [-0.3, -0.25) is 0 Å². The second kappa shape index (κ2) is 4.28. The van der Waals surface area contributed by atoms with Gasteiger partial charge in [-0.25, -0.2) is 4.79 Å². The zero-order valence-electron chi connectivity index (χ0n) is 8.65. The van der Waals surface area contributed by atoms with E-state index in [2.05, 4.69) is 4.74 Å². The first kappa shape index (κ1) is 10.8. The number of aliphatic hydroxyl groups excluding tert-OH is 1. The zero-order valence-corrected chi connectivity index (χ0v) is 8.65. The molecular formula is C10H15NO3. The first-order chi connectivity index (χ1) is 6.54. The molecule has 0 bridgehead atoms. The predicted octanol–water partition coefficient (Wildman–Crippen LogP) is 0.735. The van der Waals surface area contributed by atoms with Gasteiger partial charge in [-0.1, -0.05) is 0 Å². The smallest absolute Gasteiger partial charge is 0.354 e. The van der Waals surface area contributed by atoms with Crippen molar-refractivity contribution in [1.29, 1.82) is 0 Å². The molecule has 0 radical (unpaired) electrons. The Morgan fingerprint density at radius 2 is 2.36 bits per heavy atom. The van der Waals surface area contributed by atoms with Crippen molar-refractivity contribution in [2.45, 2.75) is 19.4 Å². The lowest BCUT2D eigenvalue weighted by Crippen LogP contribution is -2.06. The Morgan fingerprint density at radius 3 is 2.86 bits per heavy atom. The first-order valence-corrected chi connectivity index (χ1v) is 4.46. The predicted molar refractivity (Wildman–Crippen MR) is 52.1 cm³/mol. The number of methoxy groups -OCH3 is 1. The normalized spacial score (nSPS) is 12.6. The molecule has 78 valence electrons. The summed E-state index contributed by atoms with van der Waals surface area (Å²) in [6, 6.07) is 1.73. The number of hydrogen-bond donors (Lipinski definition) is 1. The number of aryl methyl sites for hydroxylation is 1.